The van der Waals surface area contributed by atoms with E-state index in [0.29, 0.717) is 33.3 Å². The Hall–Kier alpha value is -2.57. The van der Waals surface area contributed by atoms with E-state index in [4.69, 9.17) is 23.2 Å². The van der Waals surface area contributed by atoms with Gasteiger partial charge in [0.05, 0.1) is 15.6 Å². The van der Waals surface area contributed by atoms with Gasteiger partial charge in [0.15, 0.2) is 5.82 Å². The number of nitrogens with zero attached hydrogens (tertiary/aromatic N) is 2. The Bertz CT molecular complexity index is 947. The second kappa shape index (κ2) is 6.97. The first-order chi connectivity index (χ1) is 12.6. The summed E-state index contributed by atoms with van der Waals surface area (Å²) in [4.78, 5) is 16.7. The maximum Gasteiger partial charge on any atom is 0.258 e. The number of anilines is 3. The molecular weight excluding hydrogens is 373 g/mol. The Kier molecular flexibility index (Phi) is 4.53. The molecule has 26 heavy (non-hydrogen) atoms. The molecule has 1 amide bonds. The first-order valence-corrected chi connectivity index (χ1v) is 8.89. The van der Waals surface area contributed by atoms with Gasteiger partial charge in [0.2, 0.25) is 0 Å². The molecule has 0 atom stereocenters. The van der Waals surface area contributed by atoms with Gasteiger partial charge in [0.25, 0.3) is 5.91 Å². The zero-order chi connectivity index (χ0) is 18.1. The van der Waals surface area contributed by atoms with E-state index >= 15 is 0 Å². The third-order valence-electron chi connectivity index (χ3n) is 4.08. The standard InChI is InChI=1S/C18H15Cl2N5O/c19-12-2-1-3-13(20)17(12)18(26)22-11-6-7-21-15(8-11)23-16-9-14(24-25-16)10-4-5-10/h1-3,6-10H,4-5H2,(H3,21,22,23,24,25,26). The van der Waals surface area contributed by atoms with Crippen molar-refractivity contribution in [3.63, 3.8) is 0 Å². The monoisotopic (exact) mass is 387 g/mol. The fourth-order valence-corrected chi connectivity index (χ4v) is 3.19. The van der Waals surface area contributed by atoms with Gasteiger partial charge in [-0.15, -0.1) is 0 Å². The van der Waals surface area contributed by atoms with Crippen LogP contribution in [0, 0.1) is 0 Å². The summed E-state index contributed by atoms with van der Waals surface area (Å²) in [6, 6.07) is 10.3. The van der Waals surface area contributed by atoms with E-state index < -0.39 is 0 Å². The Morgan fingerprint density at radius 1 is 1.12 bits per heavy atom. The zero-order valence-corrected chi connectivity index (χ0v) is 15.1. The fourth-order valence-electron chi connectivity index (χ4n) is 2.62. The number of aromatic amines is 1. The third kappa shape index (κ3) is 3.66. The predicted octanol–water partition coefficient (Wildman–Crippen LogP) is 4.98. The number of pyridine rings is 1. The molecule has 4 rings (SSSR count). The van der Waals surface area contributed by atoms with Crippen molar-refractivity contribution in [1.29, 1.82) is 0 Å². The third-order valence-corrected chi connectivity index (χ3v) is 4.71. The van der Waals surface area contributed by atoms with Crippen LogP contribution in [0.1, 0.15) is 34.8 Å². The molecule has 0 bridgehead atoms. The van der Waals surface area contributed by atoms with E-state index in [9.17, 15) is 4.79 Å². The van der Waals surface area contributed by atoms with Crippen LogP contribution in [-0.4, -0.2) is 21.1 Å². The topological polar surface area (TPSA) is 82.7 Å². The van der Waals surface area contributed by atoms with Gasteiger partial charge in [-0.2, -0.15) is 5.10 Å². The highest BCUT2D eigenvalue weighted by molar-refractivity contribution is 6.40. The van der Waals surface area contributed by atoms with E-state index in [1.54, 1.807) is 36.5 Å². The number of hydrogen-bond donors (Lipinski definition) is 3. The number of H-pyrrole nitrogens is 1. The molecule has 0 radical (unpaired) electrons. The minimum Gasteiger partial charge on any atom is -0.323 e. The number of aromatic nitrogens is 3. The number of carbonyl (C=O) groups is 1. The fraction of sp³-hybridized carbons (Fsp3) is 0.167. The van der Waals surface area contributed by atoms with E-state index in [-0.39, 0.29) is 11.5 Å². The molecule has 3 aromatic rings. The lowest BCUT2D eigenvalue weighted by Crippen LogP contribution is -2.13. The maximum atomic E-state index is 12.5. The van der Waals surface area contributed by atoms with Crippen LogP contribution >= 0.6 is 23.2 Å². The van der Waals surface area contributed by atoms with E-state index in [2.05, 4.69) is 25.8 Å². The summed E-state index contributed by atoms with van der Waals surface area (Å²) in [5, 5.41) is 13.8. The van der Waals surface area contributed by atoms with Crippen molar-refractivity contribution >= 4 is 46.4 Å². The first kappa shape index (κ1) is 16.9. The molecule has 6 nitrogen and oxygen atoms in total. The van der Waals surface area contributed by atoms with Crippen LogP contribution in [0.5, 0.6) is 0 Å². The molecule has 1 aromatic carbocycles. The van der Waals surface area contributed by atoms with Crippen LogP contribution in [0.3, 0.4) is 0 Å². The van der Waals surface area contributed by atoms with Gasteiger partial charge in [-0.05, 0) is 31.0 Å². The van der Waals surface area contributed by atoms with Crippen LogP contribution in [0.2, 0.25) is 10.0 Å². The summed E-state index contributed by atoms with van der Waals surface area (Å²) in [5.41, 5.74) is 1.94. The summed E-state index contributed by atoms with van der Waals surface area (Å²) >= 11 is 12.2. The van der Waals surface area contributed by atoms with Crippen molar-refractivity contribution in [3.05, 3.63) is 63.9 Å². The predicted molar refractivity (Wildman–Crippen MR) is 102 cm³/mol. The van der Waals surface area contributed by atoms with Gasteiger partial charge in [-0.3, -0.25) is 9.89 Å². The van der Waals surface area contributed by atoms with E-state index in [1.165, 1.54) is 12.8 Å². The quantitative estimate of drug-likeness (QED) is 0.575. The largest absolute Gasteiger partial charge is 0.323 e. The zero-order valence-electron chi connectivity index (χ0n) is 13.6. The molecule has 8 heteroatoms. The van der Waals surface area contributed by atoms with Crippen LogP contribution in [0.25, 0.3) is 0 Å². The molecule has 1 aliphatic rings. The molecule has 1 fully saturated rings. The highest BCUT2D eigenvalue weighted by Crippen LogP contribution is 2.39. The molecular formula is C18H15Cl2N5O. The molecule has 1 aliphatic carbocycles. The lowest BCUT2D eigenvalue weighted by molar-refractivity contribution is 0.102. The summed E-state index contributed by atoms with van der Waals surface area (Å²) in [5.74, 6) is 1.48. The van der Waals surface area contributed by atoms with Crippen molar-refractivity contribution < 1.29 is 4.79 Å². The minimum absolute atomic E-state index is 0.239. The van der Waals surface area contributed by atoms with Crippen LogP contribution in [-0.2, 0) is 0 Å². The lowest BCUT2D eigenvalue weighted by atomic mass is 10.2. The molecule has 0 unspecified atom stereocenters. The highest BCUT2D eigenvalue weighted by Gasteiger charge is 2.25. The summed E-state index contributed by atoms with van der Waals surface area (Å²) in [6.07, 6.45) is 4.00. The van der Waals surface area contributed by atoms with E-state index in [0.717, 1.165) is 5.69 Å². The number of nitrogens with one attached hydrogen (secondary N) is 3. The Balaban J connectivity index is 1.49. The molecule has 2 aromatic heterocycles. The molecule has 0 spiro atoms. The second-order valence-corrected chi connectivity index (χ2v) is 6.90. The molecule has 3 N–H and O–H groups in total. The van der Waals surface area contributed by atoms with Crippen molar-refractivity contribution in [3.8, 4) is 0 Å². The van der Waals surface area contributed by atoms with Crippen molar-refractivity contribution in [1.82, 2.24) is 15.2 Å². The molecule has 0 saturated heterocycles. The minimum atomic E-state index is -0.381. The normalized spacial score (nSPS) is 13.5. The Morgan fingerprint density at radius 3 is 2.62 bits per heavy atom. The van der Waals surface area contributed by atoms with Crippen molar-refractivity contribution in [2.45, 2.75) is 18.8 Å². The van der Waals surface area contributed by atoms with Crippen LogP contribution < -0.4 is 10.6 Å². The van der Waals surface area contributed by atoms with Gasteiger partial charge in [-0.1, -0.05) is 29.3 Å². The number of benzene rings is 1. The SMILES string of the molecule is O=C(Nc1ccnc(Nc2cc(C3CC3)[nH]n2)c1)c1c(Cl)cccc1Cl. The molecule has 1 saturated carbocycles. The number of halogens is 2. The smallest absolute Gasteiger partial charge is 0.258 e. The van der Waals surface area contributed by atoms with Gasteiger partial charge in [0.1, 0.15) is 5.82 Å². The molecule has 132 valence electrons. The Labute approximate surface area is 159 Å². The van der Waals surface area contributed by atoms with Gasteiger partial charge in [-0.25, -0.2) is 4.98 Å². The number of amides is 1. The Morgan fingerprint density at radius 2 is 1.88 bits per heavy atom. The molecule has 0 aliphatic heterocycles. The van der Waals surface area contributed by atoms with Crippen molar-refractivity contribution in [2.75, 3.05) is 10.6 Å². The average molecular weight is 388 g/mol. The van der Waals surface area contributed by atoms with E-state index in [1.807, 2.05) is 6.07 Å². The lowest BCUT2D eigenvalue weighted by Gasteiger charge is -2.09. The first-order valence-electron chi connectivity index (χ1n) is 8.14. The van der Waals surface area contributed by atoms with Gasteiger partial charge < -0.3 is 10.6 Å². The highest BCUT2D eigenvalue weighted by atomic mass is 35.5. The van der Waals surface area contributed by atoms with Crippen LogP contribution in [0.4, 0.5) is 17.3 Å². The summed E-state index contributed by atoms with van der Waals surface area (Å²) in [7, 11) is 0. The van der Waals surface area contributed by atoms with Crippen molar-refractivity contribution in [2.24, 2.45) is 0 Å². The summed E-state index contributed by atoms with van der Waals surface area (Å²) in [6.45, 7) is 0. The average Bonchev–Trinajstić information content (AvgIpc) is 3.35. The van der Waals surface area contributed by atoms with Gasteiger partial charge >= 0.3 is 0 Å². The molecule has 2 heterocycles. The number of carbonyl (C=O) groups excluding carboxylic acids is 1. The maximum absolute atomic E-state index is 12.5. The second-order valence-electron chi connectivity index (χ2n) is 6.09. The number of hydrogen-bond acceptors (Lipinski definition) is 4. The summed E-state index contributed by atoms with van der Waals surface area (Å²) < 4.78 is 0. The number of rotatable bonds is 5. The van der Waals surface area contributed by atoms with Crippen LogP contribution in [0.15, 0.2) is 42.6 Å². The van der Waals surface area contributed by atoms with Gasteiger partial charge in [0, 0.05) is 35.6 Å².